The maximum atomic E-state index is 12.6. The number of rotatable bonds is 7. The molecule has 0 aliphatic rings. The summed E-state index contributed by atoms with van der Waals surface area (Å²) in [5.74, 6) is -0.0616. The Bertz CT molecular complexity index is 694. The van der Waals surface area contributed by atoms with E-state index in [0.29, 0.717) is 30.6 Å². The predicted molar refractivity (Wildman–Crippen MR) is 86.1 cm³/mol. The number of carbonyl (C=O) groups is 1. The third kappa shape index (κ3) is 3.39. The monoisotopic (exact) mass is 305 g/mol. The van der Waals surface area contributed by atoms with E-state index in [1.165, 1.54) is 4.57 Å². The number of hydrogen-bond acceptors (Lipinski definition) is 3. The molecule has 1 aromatic heterocycles. The molecule has 1 amide bonds. The van der Waals surface area contributed by atoms with Crippen LogP contribution in [-0.4, -0.2) is 45.2 Å². The molecule has 1 heterocycles. The summed E-state index contributed by atoms with van der Waals surface area (Å²) in [5, 5.41) is 8.99. The summed E-state index contributed by atoms with van der Waals surface area (Å²) in [4.78, 5) is 28.8. The highest BCUT2D eigenvalue weighted by atomic mass is 16.3. The molecule has 6 nitrogen and oxygen atoms in total. The first-order chi connectivity index (χ1) is 10.6. The lowest BCUT2D eigenvalue weighted by molar-refractivity contribution is 0.0743. The normalized spacial score (nSPS) is 11.0. The van der Waals surface area contributed by atoms with Crippen molar-refractivity contribution in [3.8, 4) is 0 Å². The number of H-pyrrole nitrogens is 1. The second-order valence-electron chi connectivity index (χ2n) is 5.44. The van der Waals surface area contributed by atoms with E-state index in [1.807, 2.05) is 0 Å². The number of aromatic nitrogens is 2. The van der Waals surface area contributed by atoms with Crippen LogP contribution in [-0.2, 0) is 7.05 Å². The number of hydrogen-bond donors (Lipinski definition) is 2. The minimum absolute atomic E-state index is 0.0616. The van der Waals surface area contributed by atoms with Gasteiger partial charge in [0.25, 0.3) is 5.91 Å². The molecule has 0 aliphatic carbocycles. The Labute approximate surface area is 129 Å². The van der Waals surface area contributed by atoms with Crippen LogP contribution in [0.15, 0.2) is 23.0 Å². The van der Waals surface area contributed by atoms with Gasteiger partial charge in [-0.1, -0.05) is 13.3 Å². The Balaban J connectivity index is 2.26. The van der Waals surface area contributed by atoms with Crippen LogP contribution in [0.2, 0.25) is 0 Å². The van der Waals surface area contributed by atoms with Gasteiger partial charge in [0.1, 0.15) is 0 Å². The molecule has 0 spiro atoms. The topological polar surface area (TPSA) is 78.3 Å². The number of aryl methyl sites for hydroxylation is 1. The van der Waals surface area contributed by atoms with Crippen LogP contribution in [0.4, 0.5) is 0 Å². The molecule has 6 heteroatoms. The van der Waals surface area contributed by atoms with Gasteiger partial charge in [0.15, 0.2) is 0 Å². The molecule has 2 N–H and O–H groups in total. The summed E-state index contributed by atoms with van der Waals surface area (Å²) in [6, 6.07) is 5.25. The third-order valence-electron chi connectivity index (χ3n) is 3.81. The van der Waals surface area contributed by atoms with Gasteiger partial charge in [-0.2, -0.15) is 0 Å². The summed E-state index contributed by atoms with van der Waals surface area (Å²) in [5.41, 5.74) is 1.80. The molecule has 0 saturated carbocycles. The molecule has 0 unspecified atom stereocenters. The first kappa shape index (κ1) is 16.3. The van der Waals surface area contributed by atoms with Gasteiger partial charge >= 0.3 is 5.69 Å². The highest BCUT2D eigenvalue weighted by molar-refractivity contribution is 5.97. The lowest BCUT2D eigenvalue weighted by Gasteiger charge is -2.22. The first-order valence-corrected chi connectivity index (χ1v) is 7.67. The molecule has 120 valence electrons. The van der Waals surface area contributed by atoms with Crippen molar-refractivity contribution in [2.45, 2.75) is 26.2 Å². The maximum Gasteiger partial charge on any atom is 0.326 e. The van der Waals surface area contributed by atoms with E-state index in [1.54, 1.807) is 30.1 Å². The molecule has 0 atom stereocenters. The number of fused-ring (bicyclic) bond motifs is 1. The van der Waals surface area contributed by atoms with E-state index in [9.17, 15) is 9.59 Å². The van der Waals surface area contributed by atoms with Crippen LogP contribution in [0.25, 0.3) is 11.0 Å². The van der Waals surface area contributed by atoms with Crippen LogP contribution < -0.4 is 5.69 Å². The minimum atomic E-state index is -0.192. The second kappa shape index (κ2) is 7.26. The van der Waals surface area contributed by atoms with Crippen molar-refractivity contribution >= 4 is 16.9 Å². The van der Waals surface area contributed by atoms with Crippen molar-refractivity contribution in [3.05, 3.63) is 34.2 Å². The molecule has 2 aromatic rings. The predicted octanol–water partition coefficient (Wildman–Crippen LogP) is 1.49. The lowest BCUT2D eigenvalue weighted by Crippen LogP contribution is -2.33. The van der Waals surface area contributed by atoms with Crippen LogP contribution in [0.3, 0.4) is 0 Å². The van der Waals surface area contributed by atoms with Gasteiger partial charge < -0.3 is 15.0 Å². The number of aliphatic hydroxyl groups is 1. The Kier molecular flexibility index (Phi) is 5.38. The minimum Gasteiger partial charge on any atom is -0.396 e. The smallest absolute Gasteiger partial charge is 0.326 e. The number of amides is 1. The highest BCUT2D eigenvalue weighted by Gasteiger charge is 2.16. The number of nitrogens with one attached hydrogen (secondary N) is 1. The van der Waals surface area contributed by atoms with Gasteiger partial charge in [0, 0.05) is 32.3 Å². The standard InChI is InChI=1S/C16H23N3O3/c1-3-4-8-19(9-5-10-20)15(21)12-6-7-14-13(11-12)17-16(22)18(14)2/h6-7,11,20H,3-5,8-10H2,1-2H3,(H,17,22). The summed E-state index contributed by atoms with van der Waals surface area (Å²) in [6.45, 7) is 3.37. The molecule has 1 aromatic carbocycles. The Hall–Kier alpha value is -2.08. The highest BCUT2D eigenvalue weighted by Crippen LogP contribution is 2.14. The summed E-state index contributed by atoms with van der Waals surface area (Å²) in [6.07, 6.45) is 2.51. The molecular formula is C16H23N3O3. The molecule has 22 heavy (non-hydrogen) atoms. The maximum absolute atomic E-state index is 12.6. The second-order valence-corrected chi connectivity index (χ2v) is 5.44. The van der Waals surface area contributed by atoms with E-state index in [4.69, 9.17) is 5.11 Å². The van der Waals surface area contributed by atoms with Crippen molar-refractivity contribution in [1.82, 2.24) is 14.5 Å². The van der Waals surface area contributed by atoms with Crippen molar-refractivity contribution < 1.29 is 9.90 Å². The fourth-order valence-corrected chi connectivity index (χ4v) is 2.48. The zero-order valence-corrected chi connectivity index (χ0v) is 13.1. The Morgan fingerprint density at radius 1 is 1.32 bits per heavy atom. The Morgan fingerprint density at radius 3 is 2.73 bits per heavy atom. The third-order valence-corrected chi connectivity index (χ3v) is 3.81. The van der Waals surface area contributed by atoms with Gasteiger partial charge in [-0.05, 0) is 31.0 Å². The van der Waals surface area contributed by atoms with Crippen molar-refractivity contribution in [3.63, 3.8) is 0 Å². The largest absolute Gasteiger partial charge is 0.396 e. The molecule has 0 fully saturated rings. The SMILES string of the molecule is CCCCN(CCCO)C(=O)c1ccc2c(c1)[nH]c(=O)n2C. The molecule has 0 bridgehead atoms. The fourth-order valence-electron chi connectivity index (χ4n) is 2.48. The lowest BCUT2D eigenvalue weighted by atomic mass is 10.1. The van der Waals surface area contributed by atoms with Crippen molar-refractivity contribution in [1.29, 1.82) is 0 Å². The summed E-state index contributed by atoms with van der Waals surface area (Å²) < 4.78 is 1.52. The number of nitrogens with zero attached hydrogens (tertiary/aromatic N) is 2. The van der Waals surface area contributed by atoms with Crippen LogP contribution in [0, 0.1) is 0 Å². The van der Waals surface area contributed by atoms with Crippen molar-refractivity contribution in [2.75, 3.05) is 19.7 Å². The van der Waals surface area contributed by atoms with Gasteiger partial charge in [-0.25, -0.2) is 4.79 Å². The van der Waals surface area contributed by atoms with Crippen LogP contribution in [0.1, 0.15) is 36.5 Å². The van der Waals surface area contributed by atoms with Crippen molar-refractivity contribution in [2.24, 2.45) is 7.05 Å². The molecule has 0 aliphatic heterocycles. The summed E-state index contributed by atoms with van der Waals surface area (Å²) in [7, 11) is 1.69. The van der Waals surface area contributed by atoms with E-state index >= 15 is 0 Å². The summed E-state index contributed by atoms with van der Waals surface area (Å²) >= 11 is 0. The average molecular weight is 305 g/mol. The number of unbranched alkanes of at least 4 members (excludes halogenated alkanes) is 1. The van der Waals surface area contributed by atoms with E-state index in [-0.39, 0.29) is 18.2 Å². The van der Waals surface area contributed by atoms with E-state index in [2.05, 4.69) is 11.9 Å². The molecule has 0 saturated heterocycles. The number of aliphatic hydroxyl groups excluding tert-OH is 1. The zero-order chi connectivity index (χ0) is 16.1. The Morgan fingerprint density at radius 2 is 2.05 bits per heavy atom. The van der Waals surface area contributed by atoms with Crippen LogP contribution >= 0.6 is 0 Å². The van der Waals surface area contributed by atoms with Gasteiger partial charge in [-0.3, -0.25) is 9.36 Å². The number of carbonyl (C=O) groups excluding carboxylic acids is 1. The number of aromatic amines is 1. The molecule has 0 radical (unpaired) electrons. The number of benzene rings is 1. The molecular weight excluding hydrogens is 282 g/mol. The van der Waals surface area contributed by atoms with E-state index in [0.717, 1.165) is 18.4 Å². The first-order valence-electron chi connectivity index (χ1n) is 7.67. The van der Waals surface area contributed by atoms with E-state index < -0.39 is 0 Å². The van der Waals surface area contributed by atoms with Gasteiger partial charge in [-0.15, -0.1) is 0 Å². The average Bonchev–Trinajstić information content (AvgIpc) is 2.81. The fraction of sp³-hybridized carbons (Fsp3) is 0.500. The van der Waals surface area contributed by atoms with Gasteiger partial charge in [0.2, 0.25) is 0 Å². The quantitative estimate of drug-likeness (QED) is 0.813. The zero-order valence-electron chi connectivity index (χ0n) is 13.1. The molecule has 2 rings (SSSR count). The van der Waals surface area contributed by atoms with Gasteiger partial charge in [0.05, 0.1) is 11.0 Å². The number of imidazole rings is 1. The van der Waals surface area contributed by atoms with Crippen LogP contribution in [0.5, 0.6) is 0 Å².